The quantitative estimate of drug-likeness (QED) is 0.119. The number of amides is 1. The van der Waals surface area contributed by atoms with Crippen LogP contribution in [0.4, 0.5) is 5.13 Å². The van der Waals surface area contributed by atoms with E-state index in [-0.39, 0.29) is 11.3 Å². The second kappa shape index (κ2) is 10.4. The molecular formula is C29H25ClN2O4S. The number of carbonyl (C=O) groups excluding carboxylic acids is 2. The Bertz CT molecular complexity index is 1510. The number of unbranched alkanes of at least 4 members (excludes halogenated alkanes) is 1. The van der Waals surface area contributed by atoms with Gasteiger partial charge in [-0.15, -0.1) is 0 Å². The summed E-state index contributed by atoms with van der Waals surface area (Å²) in [6.07, 6.45) is 1.97. The van der Waals surface area contributed by atoms with Crippen molar-refractivity contribution in [2.75, 3.05) is 11.5 Å². The summed E-state index contributed by atoms with van der Waals surface area (Å²) in [5.74, 6) is -1.03. The molecule has 1 aliphatic heterocycles. The van der Waals surface area contributed by atoms with Crippen molar-refractivity contribution in [2.45, 2.75) is 32.7 Å². The van der Waals surface area contributed by atoms with Gasteiger partial charge in [-0.3, -0.25) is 14.5 Å². The predicted molar refractivity (Wildman–Crippen MR) is 147 cm³/mol. The molecule has 1 atom stereocenters. The van der Waals surface area contributed by atoms with Gasteiger partial charge < -0.3 is 9.84 Å². The van der Waals surface area contributed by atoms with E-state index in [1.807, 2.05) is 43.3 Å². The highest BCUT2D eigenvalue weighted by Gasteiger charge is 2.48. The van der Waals surface area contributed by atoms with Gasteiger partial charge in [-0.05, 0) is 49.2 Å². The lowest BCUT2D eigenvalue weighted by Crippen LogP contribution is -2.29. The Morgan fingerprint density at radius 3 is 2.51 bits per heavy atom. The number of halogens is 1. The first-order chi connectivity index (χ1) is 17.9. The number of benzene rings is 3. The number of ketones is 1. The Labute approximate surface area is 223 Å². The van der Waals surface area contributed by atoms with Crippen LogP contribution in [0.5, 0.6) is 5.75 Å². The van der Waals surface area contributed by atoms with Crippen LogP contribution in [0.1, 0.15) is 42.5 Å². The molecule has 0 aliphatic carbocycles. The molecule has 0 spiro atoms. The van der Waals surface area contributed by atoms with E-state index in [4.69, 9.17) is 16.3 Å². The Morgan fingerprint density at radius 2 is 1.81 bits per heavy atom. The number of carbonyl (C=O) groups is 2. The Balaban J connectivity index is 1.64. The van der Waals surface area contributed by atoms with Crippen molar-refractivity contribution in [3.8, 4) is 5.75 Å². The average Bonchev–Trinajstić information content (AvgIpc) is 3.42. The zero-order chi connectivity index (χ0) is 26.1. The largest absolute Gasteiger partial charge is 0.507 e. The molecule has 8 heteroatoms. The maximum Gasteiger partial charge on any atom is 0.301 e. The molecule has 37 heavy (non-hydrogen) atoms. The lowest BCUT2D eigenvalue weighted by Gasteiger charge is -2.23. The average molecular weight is 533 g/mol. The van der Waals surface area contributed by atoms with Crippen molar-refractivity contribution in [3.05, 3.63) is 94.0 Å². The summed E-state index contributed by atoms with van der Waals surface area (Å²) < 4.78 is 6.58. The minimum absolute atomic E-state index is 0.0193. The van der Waals surface area contributed by atoms with Crippen LogP contribution in [0.15, 0.2) is 72.3 Å². The molecule has 1 N–H and O–H groups in total. The standard InChI is InChI=1S/C29H25ClN2O4S/c1-3-4-15-36-21-12-9-18(10-13-21)25-24(26(33)19-7-5-17(2)6-8-19)27(34)28(35)32(25)29-31-22-14-11-20(30)16-23(22)37-29/h5-14,16,25,33H,3-4,15H2,1-2H3. The summed E-state index contributed by atoms with van der Waals surface area (Å²) in [6, 6.07) is 18.9. The third kappa shape index (κ3) is 4.84. The molecule has 1 saturated heterocycles. The SMILES string of the molecule is CCCCOc1ccc(C2C(=C(O)c3ccc(C)cc3)C(=O)C(=O)N2c2nc3ccc(Cl)cc3s2)cc1. The Hall–Kier alpha value is -3.68. The third-order valence-corrected chi connectivity index (χ3v) is 7.53. The van der Waals surface area contributed by atoms with Crippen LogP contribution in [0.3, 0.4) is 0 Å². The van der Waals surface area contributed by atoms with E-state index in [1.54, 1.807) is 30.3 Å². The lowest BCUT2D eigenvalue weighted by atomic mass is 9.95. The van der Waals surface area contributed by atoms with E-state index in [2.05, 4.69) is 11.9 Å². The summed E-state index contributed by atoms with van der Waals surface area (Å²) in [5, 5.41) is 12.2. The van der Waals surface area contributed by atoms with Crippen molar-refractivity contribution in [3.63, 3.8) is 0 Å². The third-order valence-electron chi connectivity index (χ3n) is 6.28. The highest BCUT2D eigenvalue weighted by molar-refractivity contribution is 7.22. The number of hydrogen-bond donors (Lipinski definition) is 1. The number of fused-ring (bicyclic) bond motifs is 1. The summed E-state index contributed by atoms with van der Waals surface area (Å²) >= 11 is 7.43. The van der Waals surface area contributed by atoms with E-state index < -0.39 is 17.7 Å². The molecule has 1 unspecified atom stereocenters. The molecular weight excluding hydrogens is 508 g/mol. The van der Waals surface area contributed by atoms with Gasteiger partial charge in [0, 0.05) is 10.6 Å². The Morgan fingerprint density at radius 1 is 1.08 bits per heavy atom. The first-order valence-electron chi connectivity index (χ1n) is 12.0. The predicted octanol–water partition coefficient (Wildman–Crippen LogP) is 7.06. The number of ether oxygens (including phenoxy) is 1. The van der Waals surface area contributed by atoms with Gasteiger partial charge in [0.25, 0.3) is 5.78 Å². The smallest absolute Gasteiger partial charge is 0.301 e. The lowest BCUT2D eigenvalue weighted by molar-refractivity contribution is -0.132. The first kappa shape index (κ1) is 25.0. The summed E-state index contributed by atoms with van der Waals surface area (Å²) in [5.41, 5.74) is 2.83. The number of nitrogens with zero attached hydrogens (tertiary/aromatic N) is 2. The number of rotatable bonds is 7. The van der Waals surface area contributed by atoms with E-state index in [0.29, 0.717) is 39.2 Å². The molecule has 3 aromatic carbocycles. The molecule has 1 aliphatic rings. The second-order valence-corrected chi connectivity index (χ2v) is 10.4. The molecule has 188 valence electrons. The number of aliphatic hydroxyl groups excluding tert-OH is 1. The van der Waals surface area contributed by atoms with Gasteiger partial charge in [-0.1, -0.05) is 78.2 Å². The van der Waals surface area contributed by atoms with E-state index in [9.17, 15) is 14.7 Å². The van der Waals surface area contributed by atoms with Crippen LogP contribution < -0.4 is 9.64 Å². The zero-order valence-corrected chi connectivity index (χ0v) is 22.0. The van der Waals surface area contributed by atoms with Gasteiger partial charge in [0.1, 0.15) is 11.5 Å². The molecule has 1 aromatic heterocycles. The molecule has 6 nitrogen and oxygen atoms in total. The van der Waals surface area contributed by atoms with Crippen molar-refractivity contribution < 1.29 is 19.4 Å². The maximum absolute atomic E-state index is 13.4. The Kier molecular flexibility index (Phi) is 7.00. The van der Waals surface area contributed by atoms with Gasteiger partial charge in [0.15, 0.2) is 5.13 Å². The first-order valence-corrected chi connectivity index (χ1v) is 13.2. The molecule has 1 fully saturated rings. The normalized spacial score (nSPS) is 17.1. The second-order valence-electron chi connectivity index (χ2n) is 8.91. The molecule has 0 radical (unpaired) electrons. The van der Waals surface area contributed by atoms with E-state index in [0.717, 1.165) is 23.1 Å². The topological polar surface area (TPSA) is 79.7 Å². The number of Topliss-reactive ketones (excluding diaryl/α,β-unsaturated/α-hetero) is 1. The number of aromatic nitrogens is 1. The molecule has 0 bridgehead atoms. The van der Waals surface area contributed by atoms with Gasteiger partial charge in [0.05, 0.1) is 28.4 Å². The molecule has 4 aromatic rings. The fourth-order valence-corrected chi connectivity index (χ4v) is 5.55. The van der Waals surface area contributed by atoms with Crippen LogP contribution in [-0.2, 0) is 9.59 Å². The van der Waals surface area contributed by atoms with Gasteiger partial charge in [0.2, 0.25) is 0 Å². The number of hydrogen-bond acceptors (Lipinski definition) is 6. The molecule has 1 amide bonds. The number of aliphatic hydroxyl groups is 1. The zero-order valence-electron chi connectivity index (χ0n) is 20.4. The molecule has 2 heterocycles. The van der Waals surface area contributed by atoms with Crippen molar-refractivity contribution in [1.82, 2.24) is 4.98 Å². The van der Waals surface area contributed by atoms with Crippen molar-refractivity contribution >= 4 is 55.7 Å². The van der Waals surface area contributed by atoms with Crippen molar-refractivity contribution in [2.24, 2.45) is 0 Å². The molecule has 0 saturated carbocycles. The van der Waals surface area contributed by atoms with Crippen molar-refractivity contribution in [1.29, 1.82) is 0 Å². The number of thiazole rings is 1. The van der Waals surface area contributed by atoms with Crippen LogP contribution in [0, 0.1) is 6.92 Å². The summed E-state index contributed by atoms with van der Waals surface area (Å²) in [4.78, 5) is 32.8. The van der Waals surface area contributed by atoms with E-state index >= 15 is 0 Å². The fourth-order valence-electron chi connectivity index (χ4n) is 4.28. The molecule has 5 rings (SSSR count). The summed E-state index contributed by atoms with van der Waals surface area (Å²) in [7, 11) is 0. The van der Waals surface area contributed by atoms with Crippen LogP contribution in [0.25, 0.3) is 16.0 Å². The number of aryl methyl sites for hydroxylation is 1. The van der Waals surface area contributed by atoms with Crippen LogP contribution in [0.2, 0.25) is 5.02 Å². The monoisotopic (exact) mass is 532 g/mol. The summed E-state index contributed by atoms with van der Waals surface area (Å²) in [6.45, 7) is 4.64. The van der Waals surface area contributed by atoms with Crippen LogP contribution >= 0.6 is 22.9 Å². The number of anilines is 1. The van der Waals surface area contributed by atoms with Gasteiger partial charge >= 0.3 is 5.91 Å². The minimum atomic E-state index is -0.859. The van der Waals surface area contributed by atoms with E-state index in [1.165, 1.54) is 16.2 Å². The fraction of sp³-hybridized carbons (Fsp3) is 0.207. The highest BCUT2D eigenvalue weighted by atomic mass is 35.5. The maximum atomic E-state index is 13.4. The highest BCUT2D eigenvalue weighted by Crippen LogP contribution is 2.44. The van der Waals surface area contributed by atoms with Gasteiger partial charge in [-0.2, -0.15) is 0 Å². The van der Waals surface area contributed by atoms with Gasteiger partial charge in [-0.25, -0.2) is 4.98 Å². The van der Waals surface area contributed by atoms with Crippen LogP contribution in [-0.4, -0.2) is 28.4 Å². The minimum Gasteiger partial charge on any atom is -0.507 e.